The molecule has 3 aromatic carbocycles. The van der Waals surface area contributed by atoms with E-state index in [-0.39, 0.29) is 24.1 Å². The Labute approximate surface area is 238 Å². The van der Waals surface area contributed by atoms with Crippen LogP contribution in [0.15, 0.2) is 84.9 Å². The van der Waals surface area contributed by atoms with Crippen LogP contribution in [0.3, 0.4) is 0 Å². The average Bonchev–Trinajstić information content (AvgIpc) is 2.96. The van der Waals surface area contributed by atoms with E-state index >= 15 is 0 Å². The van der Waals surface area contributed by atoms with Crippen LogP contribution in [0, 0.1) is 10.8 Å². The first-order valence-corrected chi connectivity index (χ1v) is 13.2. The lowest BCUT2D eigenvalue weighted by Crippen LogP contribution is -2.50. The number of carbonyl (C=O) groups is 3. The SMILES string of the molecule is N=C(N)NCCC[C@H](NC(=O)[C@@H](NC(=O)[C@H](Cc1ccc(C(=N)N)cc1)c1ccccc1)c1ccccc1)C(N)=O. The van der Waals surface area contributed by atoms with Crippen LogP contribution in [0.2, 0.25) is 0 Å². The second kappa shape index (κ2) is 14.8. The van der Waals surface area contributed by atoms with E-state index in [1.54, 1.807) is 42.5 Å². The molecule has 0 fully saturated rings. The molecule has 0 unspecified atom stereocenters. The maximum Gasteiger partial charge on any atom is 0.247 e. The quantitative estimate of drug-likeness (QED) is 0.0834. The fourth-order valence-corrected chi connectivity index (χ4v) is 4.36. The fraction of sp³-hybridized carbons (Fsp3) is 0.233. The number of rotatable bonds is 14. The first kappa shape index (κ1) is 30.4. The summed E-state index contributed by atoms with van der Waals surface area (Å²) in [6.45, 7) is 0.333. The Bertz CT molecular complexity index is 1350. The van der Waals surface area contributed by atoms with Crippen LogP contribution in [-0.2, 0) is 20.8 Å². The second-order valence-electron chi connectivity index (χ2n) is 9.58. The molecule has 0 saturated carbocycles. The summed E-state index contributed by atoms with van der Waals surface area (Å²) in [7, 11) is 0. The van der Waals surface area contributed by atoms with Crippen molar-refractivity contribution in [2.75, 3.05) is 6.54 Å². The van der Waals surface area contributed by atoms with E-state index in [0.29, 0.717) is 30.5 Å². The summed E-state index contributed by atoms with van der Waals surface area (Å²) in [6.07, 6.45) is 0.984. The molecule has 41 heavy (non-hydrogen) atoms. The lowest BCUT2D eigenvalue weighted by atomic mass is 9.90. The zero-order valence-corrected chi connectivity index (χ0v) is 22.6. The van der Waals surface area contributed by atoms with Crippen LogP contribution in [0.1, 0.15) is 47.1 Å². The van der Waals surface area contributed by atoms with Gasteiger partial charge in [-0.15, -0.1) is 0 Å². The highest BCUT2D eigenvalue weighted by atomic mass is 16.2. The topological polar surface area (TPSA) is 213 Å². The van der Waals surface area contributed by atoms with Gasteiger partial charge in [-0.1, -0.05) is 84.9 Å². The van der Waals surface area contributed by atoms with E-state index in [1.165, 1.54) is 0 Å². The molecule has 214 valence electrons. The highest BCUT2D eigenvalue weighted by Gasteiger charge is 2.30. The van der Waals surface area contributed by atoms with Gasteiger partial charge in [-0.05, 0) is 36.0 Å². The van der Waals surface area contributed by atoms with Crippen molar-refractivity contribution in [3.63, 3.8) is 0 Å². The summed E-state index contributed by atoms with van der Waals surface area (Å²) >= 11 is 0. The minimum Gasteiger partial charge on any atom is -0.384 e. The standard InChI is InChI=1S/C30H36N8O3/c31-26(32)22-15-13-19(14-16-22)18-23(20-8-3-1-4-9-20)28(40)38-25(21-10-5-2-6-11-21)29(41)37-24(27(33)39)12-7-17-36-30(34)35/h1-6,8-11,13-16,23-25H,7,12,17-18H2,(H3,31,32)(H2,33,39)(H,37,41)(H,38,40)(H4,34,35,36)/t23-,24+,25+/m1/s1. The Hall–Kier alpha value is -5.19. The van der Waals surface area contributed by atoms with Gasteiger partial charge < -0.3 is 33.2 Å². The molecule has 3 amide bonds. The maximum atomic E-state index is 13.8. The van der Waals surface area contributed by atoms with Gasteiger partial charge >= 0.3 is 0 Å². The Kier molecular flexibility index (Phi) is 11.0. The molecule has 11 N–H and O–H groups in total. The summed E-state index contributed by atoms with van der Waals surface area (Å²) < 4.78 is 0. The zero-order valence-electron chi connectivity index (χ0n) is 22.6. The number of primary amides is 1. The van der Waals surface area contributed by atoms with Gasteiger partial charge in [0.1, 0.15) is 17.9 Å². The Balaban J connectivity index is 1.84. The molecule has 0 aliphatic heterocycles. The molecule has 11 nitrogen and oxygen atoms in total. The number of nitrogens with two attached hydrogens (primary N) is 3. The van der Waals surface area contributed by atoms with E-state index in [9.17, 15) is 14.4 Å². The van der Waals surface area contributed by atoms with E-state index in [4.69, 9.17) is 28.0 Å². The fourth-order valence-electron chi connectivity index (χ4n) is 4.36. The predicted octanol–water partition coefficient (Wildman–Crippen LogP) is 1.39. The molecule has 0 aromatic heterocycles. The van der Waals surface area contributed by atoms with Crippen molar-refractivity contribution in [2.24, 2.45) is 17.2 Å². The minimum absolute atomic E-state index is 0.0463. The molecule has 0 saturated heterocycles. The van der Waals surface area contributed by atoms with E-state index in [1.807, 2.05) is 42.5 Å². The monoisotopic (exact) mass is 556 g/mol. The van der Waals surface area contributed by atoms with E-state index < -0.39 is 29.8 Å². The molecule has 0 heterocycles. The molecule has 0 spiro atoms. The smallest absolute Gasteiger partial charge is 0.247 e. The zero-order chi connectivity index (χ0) is 29.8. The number of amides is 3. The van der Waals surface area contributed by atoms with Crippen LogP contribution in [0.5, 0.6) is 0 Å². The van der Waals surface area contributed by atoms with E-state index in [0.717, 1.165) is 11.1 Å². The van der Waals surface area contributed by atoms with Gasteiger partial charge in [-0.2, -0.15) is 0 Å². The van der Waals surface area contributed by atoms with Gasteiger partial charge in [-0.25, -0.2) is 0 Å². The van der Waals surface area contributed by atoms with Crippen LogP contribution in [-0.4, -0.2) is 42.1 Å². The molecule has 0 bridgehead atoms. The first-order valence-electron chi connectivity index (χ1n) is 13.2. The highest BCUT2D eigenvalue weighted by Crippen LogP contribution is 2.24. The van der Waals surface area contributed by atoms with Gasteiger partial charge in [0.05, 0.1) is 5.92 Å². The van der Waals surface area contributed by atoms with Crippen LogP contribution in [0.25, 0.3) is 0 Å². The third kappa shape index (κ3) is 9.20. The Morgan fingerprint density at radius 3 is 1.85 bits per heavy atom. The summed E-state index contributed by atoms with van der Waals surface area (Å²) in [6, 6.07) is 23.0. The highest BCUT2D eigenvalue weighted by molar-refractivity contribution is 5.95. The molecule has 3 rings (SSSR count). The number of benzene rings is 3. The number of nitrogen functional groups attached to an aromatic ring is 1. The van der Waals surface area contributed by atoms with Crippen molar-refractivity contribution in [1.29, 1.82) is 10.8 Å². The number of nitrogens with one attached hydrogen (secondary N) is 5. The van der Waals surface area contributed by atoms with Crippen molar-refractivity contribution < 1.29 is 14.4 Å². The van der Waals surface area contributed by atoms with Gasteiger partial charge in [-0.3, -0.25) is 25.2 Å². The van der Waals surface area contributed by atoms with E-state index in [2.05, 4.69) is 16.0 Å². The molecular formula is C30H36N8O3. The van der Waals surface area contributed by atoms with Crippen LogP contribution >= 0.6 is 0 Å². The molecular weight excluding hydrogens is 520 g/mol. The van der Waals surface area contributed by atoms with Gasteiger partial charge in [0.2, 0.25) is 17.7 Å². The lowest BCUT2D eigenvalue weighted by Gasteiger charge is -2.25. The van der Waals surface area contributed by atoms with Crippen molar-refractivity contribution in [3.05, 3.63) is 107 Å². The molecule has 11 heteroatoms. The molecule has 0 aliphatic rings. The Morgan fingerprint density at radius 1 is 0.732 bits per heavy atom. The van der Waals surface area contributed by atoms with Gasteiger partial charge in [0.25, 0.3) is 0 Å². The molecule has 3 aromatic rings. The summed E-state index contributed by atoms with van der Waals surface area (Å²) in [5.74, 6) is -2.55. The van der Waals surface area contributed by atoms with Crippen molar-refractivity contribution in [2.45, 2.75) is 37.3 Å². The summed E-state index contributed by atoms with van der Waals surface area (Å²) in [5.41, 5.74) is 19.2. The lowest BCUT2D eigenvalue weighted by molar-refractivity contribution is -0.132. The summed E-state index contributed by atoms with van der Waals surface area (Å²) in [4.78, 5) is 39.5. The number of hydrogen-bond acceptors (Lipinski definition) is 5. The van der Waals surface area contributed by atoms with Crippen LogP contribution in [0.4, 0.5) is 0 Å². The van der Waals surface area contributed by atoms with Crippen molar-refractivity contribution in [3.8, 4) is 0 Å². The average molecular weight is 557 g/mol. The molecule has 0 aliphatic carbocycles. The first-order chi connectivity index (χ1) is 19.7. The summed E-state index contributed by atoms with van der Waals surface area (Å²) in [5, 5.41) is 23.1. The van der Waals surface area contributed by atoms with Crippen LogP contribution < -0.4 is 33.2 Å². The third-order valence-electron chi connectivity index (χ3n) is 6.55. The molecule has 0 radical (unpaired) electrons. The second-order valence-corrected chi connectivity index (χ2v) is 9.58. The largest absolute Gasteiger partial charge is 0.384 e. The van der Waals surface area contributed by atoms with Gasteiger partial charge in [0.15, 0.2) is 5.96 Å². The van der Waals surface area contributed by atoms with Crippen molar-refractivity contribution in [1.82, 2.24) is 16.0 Å². The van der Waals surface area contributed by atoms with Crippen molar-refractivity contribution >= 4 is 29.5 Å². The Morgan fingerprint density at radius 2 is 1.32 bits per heavy atom. The maximum absolute atomic E-state index is 13.8. The predicted molar refractivity (Wildman–Crippen MR) is 158 cm³/mol. The molecule has 3 atom stereocenters. The number of guanidine groups is 1. The minimum atomic E-state index is -1.09. The number of carbonyl (C=O) groups excluding carboxylic acids is 3. The van der Waals surface area contributed by atoms with Gasteiger partial charge in [0, 0.05) is 12.1 Å². The third-order valence-corrected chi connectivity index (χ3v) is 6.55. The number of amidine groups is 1. The number of hydrogen-bond donors (Lipinski definition) is 8. The normalized spacial score (nSPS) is 12.8.